The molecule has 1 heterocycles. The SMILES string of the molecule is Cc1cccc(C(=O)Nc2ccc3c(c2)NC(=O)C(C)O3)c1C. The highest BCUT2D eigenvalue weighted by molar-refractivity contribution is 6.06. The van der Waals surface area contributed by atoms with Gasteiger partial charge in [-0.15, -0.1) is 0 Å². The average molecular weight is 310 g/mol. The minimum atomic E-state index is -0.516. The zero-order chi connectivity index (χ0) is 16.6. The number of fused-ring (bicyclic) bond motifs is 1. The van der Waals surface area contributed by atoms with Gasteiger partial charge in [0.1, 0.15) is 5.75 Å². The molecule has 0 aromatic heterocycles. The summed E-state index contributed by atoms with van der Waals surface area (Å²) in [5, 5.41) is 5.62. The Bertz CT molecular complexity index is 799. The van der Waals surface area contributed by atoms with E-state index in [9.17, 15) is 9.59 Å². The molecule has 23 heavy (non-hydrogen) atoms. The number of carbonyl (C=O) groups is 2. The highest BCUT2D eigenvalue weighted by Crippen LogP contribution is 2.32. The van der Waals surface area contributed by atoms with Crippen molar-refractivity contribution in [3.05, 3.63) is 53.1 Å². The third kappa shape index (κ3) is 2.90. The lowest BCUT2D eigenvalue weighted by Gasteiger charge is -2.23. The number of anilines is 2. The predicted octanol–water partition coefficient (Wildman–Crippen LogP) is 3.28. The van der Waals surface area contributed by atoms with Gasteiger partial charge in [0, 0.05) is 11.3 Å². The Balaban J connectivity index is 1.84. The monoisotopic (exact) mass is 310 g/mol. The smallest absolute Gasteiger partial charge is 0.265 e. The second-order valence-electron chi connectivity index (χ2n) is 5.66. The van der Waals surface area contributed by atoms with Crippen LogP contribution in [0.25, 0.3) is 0 Å². The van der Waals surface area contributed by atoms with Crippen molar-refractivity contribution < 1.29 is 14.3 Å². The van der Waals surface area contributed by atoms with Gasteiger partial charge in [0.15, 0.2) is 6.10 Å². The van der Waals surface area contributed by atoms with Gasteiger partial charge < -0.3 is 15.4 Å². The molecule has 2 aromatic carbocycles. The highest BCUT2D eigenvalue weighted by Gasteiger charge is 2.23. The van der Waals surface area contributed by atoms with Crippen LogP contribution in [0.5, 0.6) is 5.75 Å². The van der Waals surface area contributed by atoms with Gasteiger partial charge in [0.25, 0.3) is 11.8 Å². The Labute approximate surface area is 134 Å². The van der Waals surface area contributed by atoms with Crippen LogP contribution in [0.15, 0.2) is 36.4 Å². The lowest BCUT2D eigenvalue weighted by atomic mass is 10.0. The largest absolute Gasteiger partial charge is 0.479 e. The summed E-state index contributed by atoms with van der Waals surface area (Å²) >= 11 is 0. The minimum absolute atomic E-state index is 0.178. The van der Waals surface area contributed by atoms with Crippen LogP contribution in [0.3, 0.4) is 0 Å². The molecule has 0 aliphatic carbocycles. The normalized spacial score (nSPS) is 16.1. The standard InChI is InChI=1S/C18H18N2O3/c1-10-5-4-6-14(11(10)2)18(22)19-13-7-8-16-15(9-13)20-17(21)12(3)23-16/h4-9,12H,1-3H3,(H,19,22)(H,20,21). The molecule has 2 amide bonds. The van der Waals surface area contributed by atoms with Gasteiger partial charge in [-0.2, -0.15) is 0 Å². The third-order valence-electron chi connectivity index (χ3n) is 4.02. The first-order valence-electron chi connectivity index (χ1n) is 7.45. The van der Waals surface area contributed by atoms with E-state index in [1.54, 1.807) is 31.2 Å². The van der Waals surface area contributed by atoms with Gasteiger partial charge in [-0.3, -0.25) is 9.59 Å². The van der Waals surface area contributed by atoms with E-state index in [0.717, 1.165) is 11.1 Å². The fourth-order valence-electron chi connectivity index (χ4n) is 2.48. The van der Waals surface area contributed by atoms with Crippen LogP contribution < -0.4 is 15.4 Å². The summed E-state index contributed by atoms with van der Waals surface area (Å²) in [7, 11) is 0. The van der Waals surface area contributed by atoms with Crippen LogP contribution >= 0.6 is 0 Å². The number of carbonyl (C=O) groups excluding carboxylic acids is 2. The van der Waals surface area contributed by atoms with Crippen molar-refractivity contribution in [3.8, 4) is 5.75 Å². The number of amides is 2. The van der Waals surface area contributed by atoms with E-state index in [1.165, 1.54) is 0 Å². The maximum Gasteiger partial charge on any atom is 0.265 e. The van der Waals surface area contributed by atoms with Gasteiger partial charge >= 0.3 is 0 Å². The van der Waals surface area contributed by atoms with Gasteiger partial charge in [-0.25, -0.2) is 0 Å². The fraction of sp³-hybridized carbons (Fsp3) is 0.222. The van der Waals surface area contributed by atoms with Gasteiger partial charge in [0.05, 0.1) is 5.69 Å². The first-order chi connectivity index (χ1) is 11.0. The zero-order valence-corrected chi connectivity index (χ0v) is 13.3. The number of aryl methyl sites for hydroxylation is 1. The number of hydrogen-bond donors (Lipinski definition) is 2. The molecule has 0 fully saturated rings. The van der Waals surface area contributed by atoms with Gasteiger partial charge in [-0.1, -0.05) is 12.1 Å². The number of benzene rings is 2. The lowest BCUT2D eigenvalue weighted by molar-refractivity contribution is -0.122. The number of ether oxygens (including phenoxy) is 1. The topological polar surface area (TPSA) is 67.4 Å². The lowest BCUT2D eigenvalue weighted by Crippen LogP contribution is -2.34. The summed E-state index contributed by atoms with van der Waals surface area (Å²) < 4.78 is 5.50. The molecule has 2 N–H and O–H groups in total. The van der Waals surface area contributed by atoms with E-state index in [0.29, 0.717) is 22.7 Å². The summed E-state index contributed by atoms with van der Waals surface area (Å²) in [6.45, 7) is 5.58. The molecule has 0 radical (unpaired) electrons. The second kappa shape index (κ2) is 5.76. The Kier molecular flexibility index (Phi) is 3.78. The molecule has 1 atom stereocenters. The maximum absolute atomic E-state index is 12.4. The van der Waals surface area contributed by atoms with E-state index in [2.05, 4.69) is 10.6 Å². The molecule has 3 rings (SSSR count). The molecule has 1 unspecified atom stereocenters. The van der Waals surface area contributed by atoms with Crippen LogP contribution in [0.1, 0.15) is 28.4 Å². The molecule has 0 saturated heterocycles. The quantitative estimate of drug-likeness (QED) is 0.894. The Morgan fingerprint density at radius 1 is 1.22 bits per heavy atom. The summed E-state index contributed by atoms with van der Waals surface area (Å²) in [5.41, 5.74) is 3.82. The van der Waals surface area contributed by atoms with Crippen LogP contribution in [0, 0.1) is 13.8 Å². The molecule has 5 nitrogen and oxygen atoms in total. The molecular weight excluding hydrogens is 292 g/mol. The molecule has 5 heteroatoms. The zero-order valence-electron chi connectivity index (χ0n) is 13.3. The van der Waals surface area contributed by atoms with Crippen molar-refractivity contribution in [2.75, 3.05) is 10.6 Å². The number of rotatable bonds is 2. The van der Waals surface area contributed by atoms with E-state index in [4.69, 9.17) is 4.74 Å². The summed E-state index contributed by atoms with van der Waals surface area (Å²) in [5.74, 6) is 0.222. The van der Waals surface area contributed by atoms with Crippen molar-refractivity contribution in [3.63, 3.8) is 0 Å². The molecule has 0 saturated carbocycles. The Morgan fingerprint density at radius 2 is 2.00 bits per heavy atom. The second-order valence-corrected chi connectivity index (χ2v) is 5.66. The van der Waals surface area contributed by atoms with Crippen LogP contribution in [0.4, 0.5) is 11.4 Å². The van der Waals surface area contributed by atoms with Crippen molar-refractivity contribution in [2.45, 2.75) is 26.9 Å². The minimum Gasteiger partial charge on any atom is -0.479 e. The Hall–Kier alpha value is -2.82. The van der Waals surface area contributed by atoms with Gasteiger partial charge in [0.2, 0.25) is 0 Å². The maximum atomic E-state index is 12.4. The van der Waals surface area contributed by atoms with Crippen molar-refractivity contribution >= 4 is 23.2 Å². The van der Waals surface area contributed by atoms with Crippen molar-refractivity contribution in [1.82, 2.24) is 0 Å². The molecule has 0 bridgehead atoms. The van der Waals surface area contributed by atoms with Crippen LogP contribution in [-0.2, 0) is 4.79 Å². The van der Waals surface area contributed by atoms with Crippen LogP contribution in [-0.4, -0.2) is 17.9 Å². The first-order valence-corrected chi connectivity index (χ1v) is 7.45. The van der Waals surface area contributed by atoms with E-state index in [1.807, 2.05) is 26.0 Å². The Morgan fingerprint density at radius 3 is 2.78 bits per heavy atom. The summed E-state index contributed by atoms with van der Waals surface area (Å²) in [6.07, 6.45) is -0.516. The van der Waals surface area contributed by atoms with Gasteiger partial charge in [-0.05, 0) is 56.2 Å². The summed E-state index contributed by atoms with van der Waals surface area (Å²) in [6, 6.07) is 10.8. The van der Waals surface area contributed by atoms with E-state index in [-0.39, 0.29) is 11.8 Å². The molecule has 0 spiro atoms. The van der Waals surface area contributed by atoms with E-state index < -0.39 is 6.10 Å². The number of nitrogens with one attached hydrogen (secondary N) is 2. The molecule has 2 aromatic rings. The van der Waals surface area contributed by atoms with Crippen molar-refractivity contribution in [1.29, 1.82) is 0 Å². The average Bonchev–Trinajstić information content (AvgIpc) is 2.51. The fourth-order valence-corrected chi connectivity index (χ4v) is 2.48. The van der Waals surface area contributed by atoms with Crippen LogP contribution in [0.2, 0.25) is 0 Å². The highest BCUT2D eigenvalue weighted by atomic mass is 16.5. The molecule has 1 aliphatic rings. The number of hydrogen-bond acceptors (Lipinski definition) is 3. The summed E-state index contributed by atoms with van der Waals surface area (Å²) in [4.78, 5) is 24.1. The first kappa shape index (κ1) is 15.1. The molecule has 118 valence electrons. The third-order valence-corrected chi connectivity index (χ3v) is 4.02. The molecular formula is C18H18N2O3. The molecule has 1 aliphatic heterocycles. The van der Waals surface area contributed by atoms with Crippen molar-refractivity contribution in [2.24, 2.45) is 0 Å². The van der Waals surface area contributed by atoms with E-state index >= 15 is 0 Å². The predicted molar refractivity (Wildman–Crippen MR) is 89.0 cm³/mol.